The van der Waals surface area contributed by atoms with E-state index in [1.165, 1.54) is 36.3 Å². The second kappa shape index (κ2) is 13.5. The van der Waals surface area contributed by atoms with Crippen LogP contribution in [0.4, 0.5) is 5.69 Å². The molecule has 0 heterocycles. The zero-order chi connectivity index (χ0) is 28.6. The number of hydrogen-bond donors (Lipinski definition) is 1. The highest BCUT2D eigenvalue weighted by molar-refractivity contribution is 7.92. The number of likely N-dealkylation sites (N-methyl/N-ethyl adjacent to an activating group) is 1. The molecule has 3 aromatic carbocycles. The Morgan fingerprint density at radius 3 is 2.26 bits per heavy atom. The minimum absolute atomic E-state index is 0.0194. The van der Waals surface area contributed by atoms with E-state index in [0.29, 0.717) is 18.7 Å². The van der Waals surface area contributed by atoms with Crippen LogP contribution in [0.25, 0.3) is 0 Å². The molecule has 10 heteroatoms. The molecule has 0 fully saturated rings. The lowest BCUT2D eigenvalue weighted by atomic mass is 10.1. The Labute approximate surface area is 235 Å². The fourth-order valence-corrected chi connectivity index (χ4v) is 5.92. The van der Waals surface area contributed by atoms with E-state index < -0.39 is 28.5 Å². The predicted octanol–water partition coefficient (Wildman–Crippen LogP) is 4.80. The SMILES string of the molecule is CCNC(=O)C(CC)N(Cc1ccccc1C)C(=O)CN(c1ccc(OC)c(Cl)c1)S(=O)(=O)c1ccccc1. The molecule has 0 saturated carbocycles. The maximum Gasteiger partial charge on any atom is 0.264 e. The van der Waals surface area contributed by atoms with Gasteiger partial charge in [0.1, 0.15) is 18.3 Å². The monoisotopic (exact) mass is 571 g/mol. The third kappa shape index (κ3) is 7.10. The average molecular weight is 572 g/mol. The van der Waals surface area contributed by atoms with E-state index in [0.717, 1.165) is 15.4 Å². The number of sulfonamides is 1. The molecule has 1 atom stereocenters. The summed E-state index contributed by atoms with van der Waals surface area (Å²) in [4.78, 5) is 28.5. The zero-order valence-corrected chi connectivity index (χ0v) is 24.1. The number of hydrogen-bond acceptors (Lipinski definition) is 5. The van der Waals surface area contributed by atoms with Crippen molar-refractivity contribution < 1.29 is 22.7 Å². The topological polar surface area (TPSA) is 96.0 Å². The number of ether oxygens (including phenoxy) is 1. The van der Waals surface area contributed by atoms with E-state index in [1.54, 1.807) is 31.2 Å². The van der Waals surface area contributed by atoms with Crippen LogP contribution >= 0.6 is 11.6 Å². The number of nitrogens with one attached hydrogen (secondary N) is 1. The molecule has 0 spiro atoms. The lowest BCUT2D eigenvalue weighted by Crippen LogP contribution is -2.52. The lowest BCUT2D eigenvalue weighted by molar-refractivity contribution is -0.140. The summed E-state index contributed by atoms with van der Waals surface area (Å²) in [5.41, 5.74) is 2.01. The molecule has 0 aliphatic carbocycles. The highest BCUT2D eigenvalue weighted by Crippen LogP contribution is 2.32. The number of methoxy groups -OCH3 is 1. The van der Waals surface area contributed by atoms with Crippen molar-refractivity contribution in [2.75, 3.05) is 24.5 Å². The van der Waals surface area contributed by atoms with Gasteiger partial charge in [-0.2, -0.15) is 0 Å². The smallest absolute Gasteiger partial charge is 0.264 e. The second-order valence-electron chi connectivity index (χ2n) is 8.91. The third-order valence-electron chi connectivity index (χ3n) is 6.37. The molecular weight excluding hydrogens is 538 g/mol. The Morgan fingerprint density at radius 2 is 1.67 bits per heavy atom. The summed E-state index contributed by atoms with van der Waals surface area (Å²) in [6, 6.07) is 19.2. The second-order valence-corrected chi connectivity index (χ2v) is 11.2. The number of carbonyl (C=O) groups is 2. The predicted molar refractivity (Wildman–Crippen MR) is 153 cm³/mol. The quantitative estimate of drug-likeness (QED) is 0.337. The van der Waals surface area contributed by atoms with Crippen LogP contribution in [0, 0.1) is 6.92 Å². The van der Waals surface area contributed by atoms with Crippen LogP contribution in [-0.4, -0.2) is 51.4 Å². The molecule has 39 heavy (non-hydrogen) atoms. The Morgan fingerprint density at radius 1 is 1.00 bits per heavy atom. The van der Waals surface area contributed by atoms with E-state index >= 15 is 0 Å². The standard InChI is InChI=1S/C29H34ClN3O5S/c1-5-26(29(35)31-6-2)32(19-22-13-11-10-12-21(22)3)28(34)20-33(23-16-17-27(38-4)25(30)18-23)39(36,37)24-14-8-7-9-15-24/h7-18,26H,5-6,19-20H2,1-4H3,(H,31,35). The molecule has 8 nitrogen and oxygen atoms in total. The van der Waals surface area contributed by atoms with Crippen LogP contribution in [0.15, 0.2) is 77.7 Å². The molecule has 0 saturated heterocycles. The fraction of sp³-hybridized carbons (Fsp3) is 0.310. The number of rotatable bonds is 12. The molecule has 0 aliphatic heterocycles. The van der Waals surface area contributed by atoms with Gasteiger partial charge >= 0.3 is 0 Å². The first kappa shape index (κ1) is 30.0. The first-order chi connectivity index (χ1) is 18.6. The Kier molecular flexibility index (Phi) is 10.4. The van der Waals surface area contributed by atoms with Crippen molar-refractivity contribution >= 4 is 39.1 Å². The molecule has 208 valence electrons. The molecule has 0 aliphatic rings. The molecule has 0 radical (unpaired) electrons. The van der Waals surface area contributed by atoms with E-state index in [9.17, 15) is 18.0 Å². The van der Waals surface area contributed by atoms with E-state index in [2.05, 4.69) is 5.32 Å². The highest BCUT2D eigenvalue weighted by atomic mass is 35.5. The van der Waals surface area contributed by atoms with Gasteiger partial charge in [-0.25, -0.2) is 8.42 Å². The van der Waals surface area contributed by atoms with Crippen LogP contribution in [0.3, 0.4) is 0 Å². The van der Waals surface area contributed by atoms with Gasteiger partial charge in [0.15, 0.2) is 0 Å². The number of carbonyl (C=O) groups excluding carboxylic acids is 2. The van der Waals surface area contributed by atoms with Crippen LogP contribution in [-0.2, 0) is 26.2 Å². The molecule has 2 amide bonds. The van der Waals surface area contributed by atoms with Gasteiger partial charge in [-0.05, 0) is 61.7 Å². The van der Waals surface area contributed by atoms with Gasteiger partial charge in [0.2, 0.25) is 11.8 Å². The molecule has 1 unspecified atom stereocenters. The largest absolute Gasteiger partial charge is 0.495 e. The van der Waals surface area contributed by atoms with Gasteiger partial charge < -0.3 is 15.0 Å². The summed E-state index contributed by atoms with van der Waals surface area (Å²) in [5.74, 6) is -0.457. The van der Waals surface area contributed by atoms with Crippen LogP contribution < -0.4 is 14.4 Å². The maximum atomic E-state index is 14.0. The van der Waals surface area contributed by atoms with Crippen molar-refractivity contribution in [2.45, 2.75) is 44.7 Å². The summed E-state index contributed by atoms with van der Waals surface area (Å²) in [5, 5.41) is 2.99. The zero-order valence-electron chi connectivity index (χ0n) is 22.6. The highest BCUT2D eigenvalue weighted by Gasteiger charge is 2.34. The van der Waals surface area contributed by atoms with Gasteiger partial charge in [-0.15, -0.1) is 0 Å². The number of amides is 2. The van der Waals surface area contributed by atoms with Crippen molar-refractivity contribution in [3.05, 3.63) is 88.9 Å². The summed E-state index contributed by atoms with van der Waals surface area (Å²) in [6.07, 6.45) is 0.350. The molecule has 3 rings (SSSR count). The van der Waals surface area contributed by atoms with Crippen molar-refractivity contribution in [2.24, 2.45) is 0 Å². The summed E-state index contributed by atoms with van der Waals surface area (Å²) in [7, 11) is -2.72. The molecule has 1 N–H and O–H groups in total. The fourth-order valence-electron chi connectivity index (χ4n) is 4.24. The Balaban J connectivity index is 2.09. The average Bonchev–Trinajstić information content (AvgIpc) is 2.93. The van der Waals surface area contributed by atoms with Crippen LogP contribution in [0.5, 0.6) is 5.75 Å². The summed E-state index contributed by atoms with van der Waals surface area (Å²) < 4.78 is 33.9. The van der Waals surface area contributed by atoms with Crippen molar-refractivity contribution in [3.63, 3.8) is 0 Å². The number of benzene rings is 3. The molecule has 0 bridgehead atoms. The minimum atomic E-state index is -4.18. The molecule has 3 aromatic rings. The van der Waals surface area contributed by atoms with Gasteiger partial charge in [-0.1, -0.05) is 61.0 Å². The molecular formula is C29H34ClN3O5S. The Bertz CT molecular complexity index is 1400. The number of aryl methyl sites for hydroxylation is 1. The minimum Gasteiger partial charge on any atom is -0.495 e. The normalized spacial score (nSPS) is 11.9. The van der Waals surface area contributed by atoms with E-state index in [1.807, 2.05) is 38.1 Å². The van der Waals surface area contributed by atoms with Crippen molar-refractivity contribution in [1.82, 2.24) is 10.2 Å². The number of halogens is 1. The van der Waals surface area contributed by atoms with Crippen molar-refractivity contribution in [1.29, 1.82) is 0 Å². The van der Waals surface area contributed by atoms with Gasteiger partial charge in [0.05, 0.1) is 22.7 Å². The van der Waals surface area contributed by atoms with Crippen LogP contribution in [0.2, 0.25) is 5.02 Å². The third-order valence-corrected chi connectivity index (χ3v) is 8.46. The van der Waals surface area contributed by atoms with E-state index in [-0.39, 0.29) is 28.1 Å². The van der Waals surface area contributed by atoms with Crippen molar-refractivity contribution in [3.8, 4) is 5.75 Å². The van der Waals surface area contributed by atoms with E-state index in [4.69, 9.17) is 16.3 Å². The summed E-state index contributed by atoms with van der Waals surface area (Å²) in [6.45, 7) is 5.56. The first-order valence-corrected chi connectivity index (χ1v) is 14.5. The van der Waals surface area contributed by atoms with Gasteiger partial charge in [-0.3, -0.25) is 13.9 Å². The van der Waals surface area contributed by atoms with Gasteiger partial charge in [0, 0.05) is 13.1 Å². The number of anilines is 1. The van der Waals surface area contributed by atoms with Gasteiger partial charge in [0.25, 0.3) is 10.0 Å². The Hall–Kier alpha value is -3.56. The lowest BCUT2D eigenvalue weighted by Gasteiger charge is -2.33. The maximum absolute atomic E-state index is 14.0. The first-order valence-electron chi connectivity index (χ1n) is 12.7. The summed E-state index contributed by atoms with van der Waals surface area (Å²) >= 11 is 6.35. The number of nitrogens with zero attached hydrogens (tertiary/aromatic N) is 2. The molecule has 0 aromatic heterocycles. The van der Waals surface area contributed by atoms with Crippen LogP contribution in [0.1, 0.15) is 31.4 Å².